The van der Waals surface area contributed by atoms with E-state index in [2.05, 4.69) is 17.3 Å². The molecule has 2 unspecified atom stereocenters. The van der Waals surface area contributed by atoms with E-state index in [1.54, 1.807) is 0 Å². The zero-order valence-electron chi connectivity index (χ0n) is 12.4. The molecule has 0 radical (unpaired) electrons. The maximum Gasteiger partial charge on any atom is 0.253 e. The Morgan fingerprint density at radius 1 is 1.33 bits per heavy atom. The maximum absolute atomic E-state index is 12.1. The number of nitrogens with one attached hydrogen (secondary N) is 1. The van der Waals surface area contributed by atoms with E-state index >= 15 is 0 Å². The lowest BCUT2D eigenvalue weighted by atomic mass is 10.1. The Kier molecular flexibility index (Phi) is 4.53. The molecule has 1 aromatic rings. The Morgan fingerprint density at radius 2 is 2.24 bits per heavy atom. The average molecular weight is 290 g/mol. The summed E-state index contributed by atoms with van der Waals surface area (Å²) in [4.78, 5) is 14.3. The van der Waals surface area contributed by atoms with E-state index in [4.69, 9.17) is 9.47 Å². The first-order valence-corrected chi connectivity index (χ1v) is 7.55. The van der Waals surface area contributed by atoms with Crippen LogP contribution in [0.25, 0.3) is 0 Å². The first-order valence-electron chi connectivity index (χ1n) is 7.55. The first kappa shape index (κ1) is 14.5. The summed E-state index contributed by atoms with van der Waals surface area (Å²) in [7, 11) is 2.10. The van der Waals surface area contributed by atoms with Gasteiger partial charge in [-0.05, 0) is 37.6 Å². The van der Waals surface area contributed by atoms with Crippen molar-refractivity contribution in [3.63, 3.8) is 0 Å². The molecule has 1 N–H and O–H groups in total. The number of carbonyl (C=O) groups is 1. The molecule has 1 aromatic carbocycles. The number of hydrogen-bond donors (Lipinski definition) is 1. The zero-order valence-corrected chi connectivity index (χ0v) is 12.4. The van der Waals surface area contributed by atoms with Crippen molar-refractivity contribution >= 4 is 11.6 Å². The van der Waals surface area contributed by atoms with E-state index in [1.807, 2.05) is 24.3 Å². The van der Waals surface area contributed by atoms with Gasteiger partial charge in [-0.2, -0.15) is 0 Å². The summed E-state index contributed by atoms with van der Waals surface area (Å²) in [6.45, 7) is 3.27. The third-order valence-corrected chi connectivity index (χ3v) is 4.02. The Bertz CT molecular complexity index is 500. The molecule has 2 atom stereocenters. The summed E-state index contributed by atoms with van der Waals surface area (Å²) in [5, 5.41) is 2.94. The molecule has 1 amide bonds. The highest BCUT2D eigenvalue weighted by Crippen LogP contribution is 2.24. The molecule has 2 heterocycles. The van der Waals surface area contributed by atoms with Crippen molar-refractivity contribution in [3.05, 3.63) is 29.8 Å². The van der Waals surface area contributed by atoms with Crippen molar-refractivity contribution in [2.24, 2.45) is 0 Å². The van der Waals surface area contributed by atoms with Crippen molar-refractivity contribution < 1.29 is 14.3 Å². The molecule has 2 fully saturated rings. The molecule has 0 bridgehead atoms. The Labute approximate surface area is 125 Å². The van der Waals surface area contributed by atoms with Gasteiger partial charge >= 0.3 is 0 Å². The second kappa shape index (κ2) is 6.56. The van der Waals surface area contributed by atoms with Gasteiger partial charge in [0, 0.05) is 25.4 Å². The number of anilines is 1. The highest BCUT2D eigenvalue weighted by molar-refractivity contribution is 5.94. The number of amides is 1. The van der Waals surface area contributed by atoms with Crippen LogP contribution in [-0.4, -0.2) is 50.3 Å². The molecule has 0 saturated carbocycles. The normalized spacial score (nSPS) is 26.7. The van der Waals surface area contributed by atoms with Gasteiger partial charge in [-0.3, -0.25) is 4.79 Å². The number of ether oxygens (including phenoxy) is 2. The number of hydrogen-bond acceptors (Lipinski definition) is 4. The lowest BCUT2D eigenvalue weighted by Gasteiger charge is -2.30. The van der Waals surface area contributed by atoms with Crippen molar-refractivity contribution in [2.75, 3.05) is 38.7 Å². The number of nitrogens with zero attached hydrogens (tertiary/aromatic N) is 1. The number of likely N-dealkylation sites (N-methyl/N-ethyl adjacent to an activating group) is 1. The van der Waals surface area contributed by atoms with Gasteiger partial charge < -0.3 is 19.7 Å². The minimum atomic E-state index is -0.300. The van der Waals surface area contributed by atoms with Crippen LogP contribution >= 0.6 is 0 Å². The van der Waals surface area contributed by atoms with Gasteiger partial charge in [0.2, 0.25) is 0 Å². The number of carbonyl (C=O) groups excluding carboxylic acids is 1. The maximum atomic E-state index is 12.1. The Balaban J connectivity index is 1.66. The molecule has 5 heteroatoms. The van der Waals surface area contributed by atoms with Crippen LogP contribution in [-0.2, 0) is 14.3 Å². The molecule has 0 aliphatic carbocycles. The van der Waals surface area contributed by atoms with Crippen LogP contribution < -0.4 is 5.32 Å². The average Bonchev–Trinajstić information content (AvgIpc) is 3.02. The topological polar surface area (TPSA) is 50.8 Å². The molecule has 5 nitrogen and oxygen atoms in total. The minimum Gasteiger partial charge on any atom is -0.371 e. The number of morpholine rings is 1. The van der Waals surface area contributed by atoms with Crippen LogP contribution in [0, 0.1) is 0 Å². The predicted molar refractivity (Wildman–Crippen MR) is 80.2 cm³/mol. The number of rotatable bonds is 3. The molecule has 0 spiro atoms. The van der Waals surface area contributed by atoms with E-state index < -0.39 is 0 Å². The summed E-state index contributed by atoms with van der Waals surface area (Å²) in [5.41, 5.74) is 1.91. The van der Waals surface area contributed by atoms with E-state index in [-0.39, 0.29) is 18.1 Å². The van der Waals surface area contributed by atoms with Gasteiger partial charge in [0.1, 0.15) is 6.10 Å². The second-order valence-corrected chi connectivity index (χ2v) is 5.74. The second-order valence-electron chi connectivity index (χ2n) is 5.74. The van der Waals surface area contributed by atoms with E-state index in [1.165, 1.54) is 0 Å². The van der Waals surface area contributed by atoms with Crippen LogP contribution in [0.15, 0.2) is 24.3 Å². The Hall–Kier alpha value is -1.43. The van der Waals surface area contributed by atoms with Crippen LogP contribution in [0.5, 0.6) is 0 Å². The van der Waals surface area contributed by atoms with Crippen LogP contribution in [0.2, 0.25) is 0 Å². The molecule has 3 rings (SSSR count). The summed E-state index contributed by atoms with van der Waals surface area (Å²) in [6, 6.07) is 7.91. The summed E-state index contributed by atoms with van der Waals surface area (Å²) in [5.74, 6) is -0.0497. The fourth-order valence-electron chi connectivity index (χ4n) is 2.80. The molecule has 2 saturated heterocycles. The molecule has 114 valence electrons. The van der Waals surface area contributed by atoms with E-state index in [0.29, 0.717) is 6.61 Å². The van der Waals surface area contributed by atoms with E-state index in [0.717, 1.165) is 43.8 Å². The predicted octanol–water partition coefficient (Wildman–Crippen LogP) is 1.81. The highest BCUT2D eigenvalue weighted by Gasteiger charge is 2.24. The molecule has 21 heavy (non-hydrogen) atoms. The van der Waals surface area contributed by atoms with Crippen LogP contribution in [0.3, 0.4) is 0 Å². The summed E-state index contributed by atoms with van der Waals surface area (Å²) in [6.07, 6.45) is 1.54. The summed E-state index contributed by atoms with van der Waals surface area (Å²) < 4.78 is 11.2. The first-order chi connectivity index (χ1) is 10.2. The van der Waals surface area contributed by atoms with Crippen LogP contribution in [0.4, 0.5) is 5.69 Å². The van der Waals surface area contributed by atoms with Crippen molar-refractivity contribution in [1.29, 1.82) is 0 Å². The molecular weight excluding hydrogens is 268 g/mol. The number of benzene rings is 1. The van der Waals surface area contributed by atoms with Gasteiger partial charge in [0.05, 0.1) is 12.7 Å². The largest absolute Gasteiger partial charge is 0.371 e. The SMILES string of the molecule is CN1CCOC(c2cccc(NC(=O)C3CCCO3)c2)C1. The quantitative estimate of drug-likeness (QED) is 0.922. The van der Waals surface area contributed by atoms with Crippen molar-refractivity contribution in [2.45, 2.75) is 25.0 Å². The third-order valence-electron chi connectivity index (χ3n) is 4.02. The third kappa shape index (κ3) is 3.61. The van der Waals surface area contributed by atoms with Gasteiger partial charge in [0.25, 0.3) is 5.91 Å². The molecule has 0 aromatic heterocycles. The molecule has 2 aliphatic heterocycles. The summed E-state index contributed by atoms with van der Waals surface area (Å²) >= 11 is 0. The fourth-order valence-corrected chi connectivity index (χ4v) is 2.80. The molecule has 2 aliphatic rings. The zero-order chi connectivity index (χ0) is 14.7. The van der Waals surface area contributed by atoms with Crippen molar-refractivity contribution in [3.8, 4) is 0 Å². The lowest BCUT2D eigenvalue weighted by molar-refractivity contribution is -0.124. The fraction of sp³-hybridized carbons (Fsp3) is 0.562. The Morgan fingerprint density at radius 3 is 3.00 bits per heavy atom. The molecular formula is C16H22N2O3. The highest BCUT2D eigenvalue weighted by atomic mass is 16.5. The monoisotopic (exact) mass is 290 g/mol. The van der Waals surface area contributed by atoms with Gasteiger partial charge in [-0.25, -0.2) is 0 Å². The minimum absolute atomic E-state index is 0.0497. The standard InChI is InChI=1S/C16H22N2O3/c1-18-7-9-21-15(11-18)12-4-2-5-13(10-12)17-16(19)14-6-3-8-20-14/h2,4-5,10,14-15H,3,6-9,11H2,1H3,(H,17,19). The van der Waals surface area contributed by atoms with Gasteiger partial charge in [0.15, 0.2) is 0 Å². The van der Waals surface area contributed by atoms with Gasteiger partial charge in [-0.15, -0.1) is 0 Å². The van der Waals surface area contributed by atoms with Crippen molar-refractivity contribution in [1.82, 2.24) is 4.90 Å². The smallest absolute Gasteiger partial charge is 0.253 e. The van der Waals surface area contributed by atoms with Gasteiger partial charge in [-0.1, -0.05) is 12.1 Å². The van der Waals surface area contributed by atoms with E-state index in [9.17, 15) is 4.79 Å². The van der Waals surface area contributed by atoms with Crippen LogP contribution in [0.1, 0.15) is 24.5 Å². The lowest BCUT2D eigenvalue weighted by Crippen LogP contribution is -2.35.